The molecule has 6 heteroatoms. The van der Waals surface area contributed by atoms with Gasteiger partial charge in [0, 0.05) is 36.1 Å². The fourth-order valence-electron chi connectivity index (χ4n) is 2.02. The summed E-state index contributed by atoms with van der Waals surface area (Å²) in [5.74, 6) is 0.959. The zero-order valence-electron chi connectivity index (χ0n) is 9.53. The van der Waals surface area contributed by atoms with Crippen LogP contribution in [0.3, 0.4) is 0 Å². The van der Waals surface area contributed by atoms with Crippen molar-refractivity contribution in [2.75, 3.05) is 5.32 Å². The van der Waals surface area contributed by atoms with Gasteiger partial charge in [0.25, 0.3) is 0 Å². The van der Waals surface area contributed by atoms with Crippen molar-refractivity contribution < 1.29 is 5.11 Å². The first-order valence-electron chi connectivity index (χ1n) is 5.61. The van der Waals surface area contributed by atoms with Gasteiger partial charge in [-0.05, 0) is 24.4 Å². The number of phenols is 1. The first kappa shape index (κ1) is 11.2. The Morgan fingerprint density at radius 3 is 3.06 bits per heavy atom. The lowest BCUT2D eigenvalue weighted by atomic mass is 10.2. The van der Waals surface area contributed by atoms with Gasteiger partial charge in [-0.25, -0.2) is 4.98 Å². The first-order valence-corrected chi connectivity index (χ1v) is 6.02. The van der Waals surface area contributed by atoms with Gasteiger partial charge in [0.15, 0.2) is 4.77 Å². The van der Waals surface area contributed by atoms with Crippen LogP contribution in [-0.4, -0.2) is 15.1 Å². The predicted octanol–water partition coefficient (Wildman–Crippen LogP) is 2.19. The highest BCUT2D eigenvalue weighted by molar-refractivity contribution is 7.71. The molecule has 0 saturated carbocycles. The van der Waals surface area contributed by atoms with E-state index in [0.717, 1.165) is 35.9 Å². The van der Waals surface area contributed by atoms with Gasteiger partial charge in [0.2, 0.25) is 0 Å². The smallest absolute Gasteiger partial charge is 0.199 e. The summed E-state index contributed by atoms with van der Waals surface area (Å²) in [6, 6.07) is 6.92. The molecule has 4 N–H and O–H groups in total. The van der Waals surface area contributed by atoms with E-state index in [-0.39, 0.29) is 5.75 Å². The van der Waals surface area contributed by atoms with Crippen LogP contribution < -0.4 is 10.6 Å². The van der Waals surface area contributed by atoms with Gasteiger partial charge >= 0.3 is 0 Å². The molecule has 0 aliphatic carbocycles. The maximum Gasteiger partial charge on any atom is 0.199 e. The molecule has 0 amide bonds. The van der Waals surface area contributed by atoms with Crippen molar-refractivity contribution >= 4 is 23.7 Å². The van der Waals surface area contributed by atoms with E-state index in [2.05, 4.69) is 20.6 Å². The summed E-state index contributed by atoms with van der Waals surface area (Å²) in [5, 5.41) is 15.9. The third-order valence-corrected chi connectivity index (χ3v) is 3.03. The number of aromatic hydroxyl groups is 1. The Morgan fingerprint density at radius 1 is 1.33 bits per heavy atom. The number of hydrogen-bond acceptors (Lipinski definition) is 5. The van der Waals surface area contributed by atoms with Crippen LogP contribution in [0.2, 0.25) is 0 Å². The molecule has 5 nitrogen and oxygen atoms in total. The molecule has 0 radical (unpaired) electrons. The molecule has 0 bridgehead atoms. The maximum atomic E-state index is 9.44. The first-order chi connectivity index (χ1) is 8.72. The monoisotopic (exact) mass is 260 g/mol. The summed E-state index contributed by atoms with van der Waals surface area (Å²) in [5.41, 5.74) is 2.95. The number of rotatable bonds is 2. The summed E-state index contributed by atoms with van der Waals surface area (Å²) in [6.45, 7) is 1.53. The molecular formula is C12H12N4OS. The lowest BCUT2D eigenvalue weighted by molar-refractivity contribution is 0.475. The van der Waals surface area contributed by atoms with Crippen LogP contribution in [0.5, 0.6) is 5.75 Å². The van der Waals surface area contributed by atoms with Crippen LogP contribution in [0.4, 0.5) is 11.5 Å². The van der Waals surface area contributed by atoms with E-state index in [1.54, 1.807) is 18.2 Å². The average molecular weight is 260 g/mol. The molecule has 0 atom stereocenters. The molecule has 0 saturated heterocycles. The molecule has 1 aromatic carbocycles. The molecule has 0 spiro atoms. The molecule has 0 unspecified atom stereocenters. The second-order valence-corrected chi connectivity index (χ2v) is 4.51. The molecule has 3 rings (SSSR count). The average Bonchev–Trinajstić information content (AvgIpc) is 2.77. The second kappa shape index (κ2) is 4.40. The lowest BCUT2D eigenvalue weighted by Crippen LogP contribution is -2.02. The number of phenolic OH excluding ortho intramolecular Hbond substituents is 1. The number of aromatic nitrogens is 2. The minimum atomic E-state index is 0.218. The minimum Gasteiger partial charge on any atom is -0.508 e. The fourth-order valence-corrected chi connectivity index (χ4v) is 2.24. The molecule has 18 heavy (non-hydrogen) atoms. The van der Waals surface area contributed by atoms with Gasteiger partial charge in [0.1, 0.15) is 11.6 Å². The van der Waals surface area contributed by atoms with E-state index in [0.29, 0.717) is 4.77 Å². The maximum absolute atomic E-state index is 9.44. The van der Waals surface area contributed by atoms with Crippen LogP contribution in [0, 0.1) is 4.77 Å². The Bertz CT molecular complexity index is 653. The van der Waals surface area contributed by atoms with Crippen molar-refractivity contribution in [1.82, 2.24) is 15.3 Å². The zero-order chi connectivity index (χ0) is 12.5. The fraction of sp³-hybridized carbons (Fsp3) is 0.167. The molecule has 0 fully saturated rings. The highest BCUT2D eigenvalue weighted by Gasteiger charge is 2.16. The Kier molecular flexibility index (Phi) is 2.73. The number of hydrogen-bond donors (Lipinski definition) is 4. The normalized spacial score (nSPS) is 13.3. The molecule has 2 heterocycles. The quantitative estimate of drug-likeness (QED) is 0.623. The van der Waals surface area contributed by atoms with Crippen LogP contribution in [0.1, 0.15) is 11.3 Å². The van der Waals surface area contributed by atoms with Gasteiger partial charge in [-0.15, -0.1) is 0 Å². The van der Waals surface area contributed by atoms with Gasteiger partial charge < -0.3 is 20.7 Å². The van der Waals surface area contributed by atoms with Crippen molar-refractivity contribution in [1.29, 1.82) is 0 Å². The van der Waals surface area contributed by atoms with E-state index in [9.17, 15) is 5.11 Å². The number of nitrogens with one attached hydrogen (secondary N) is 3. The summed E-state index contributed by atoms with van der Waals surface area (Å²) in [7, 11) is 0. The highest BCUT2D eigenvalue weighted by atomic mass is 32.1. The van der Waals surface area contributed by atoms with Crippen molar-refractivity contribution in [3.8, 4) is 5.75 Å². The van der Waals surface area contributed by atoms with E-state index in [1.807, 2.05) is 6.07 Å². The van der Waals surface area contributed by atoms with Gasteiger partial charge in [-0.3, -0.25) is 0 Å². The Labute approximate surface area is 109 Å². The Balaban J connectivity index is 2.00. The van der Waals surface area contributed by atoms with Gasteiger partial charge in [-0.1, -0.05) is 6.07 Å². The number of aromatic amines is 1. The Morgan fingerprint density at radius 2 is 2.22 bits per heavy atom. The van der Waals surface area contributed by atoms with Gasteiger partial charge in [0.05, 0.1) is 0 Å². The van der Waals surface area contributed by atoms with E-state index < -0.39 is 0 Å². The summed E-state index contributed by atoms with van der Waals surface area (Å²) < 4.78 is 0.458. The standard InChI is InChI=1S/C12H12N4OS/c17-8-3-1-2-7(4-8)14-11-9-5-13-6-10(9)15-12(18)16-11/h1-4,13,17H,5-6H2,(H2,14,15,16,18). The largest absolute Gasteiger partial charge is 0.508 e. The molecule has 2 aromatic rings. The summed E-state index contributed by atoms with van der Waals surface area (Å²) >= 11 is 5.10. The SMILES string of the molecule is Oc1cccc(Nc2nc(=S)[nH]c3c2CNC3)c1. The van der Waals surface area contributed by atoms with Crippen LogP contribution >= 0.6 is 12.2 Å². The van der Waals surface area contributed by atoms with Crippen molar-refractivity contribution in [3.63, 3.8) is 0 Å². The molecule has 1 aliphatic heterocycles. The third-order valence-electron chi connectivity index (χ3n) is 2.83. The van der Waals surface area contributed by atoms with Crippen molar-refractivity contribution in [3.05, 3.63) is 40.3 Å². The molecule has 1 aromatic heterocycles. The van der Waals surface area contributed by atoms with Crippen LogP contribution in [0.15, 0.2) is 24.3 Å². The highest BCUT2D eigenvalue weighted by Crippen LogP contribution is 2.25. The molecule has 1 aliphatic rings. The van der Waals surface area contributed by atoms with Crippen LogP contribution in [-0.2, 0) is 13.1 Å². The number of fused-ring (bicyclic) bond motifs is 1. The van der Waals surface area contributed by atoms with Gasteiger partial charge in [-0.2, -0.15) is 0 Å². The molecule has 92 valence electrons. The van der Waals surface area contributed by atoms with E-state index in [4.69, 9.17) is 12.2 Å². The lowest BCUT2D eigenvalue weighted by Gasteiger charge is -2.09. The number of benzene rings is 1. The minimum absolute atomic E-state index is 0.218. The molecular weight excluding hydrogens is 248 g/mol. The predicted molar refractivity (Wildman–Crippen MR) is 71.4 cm³/mol. The number of nitrogens with zero attached hydrogens (tertiary/aromatic N) is 1. The van der Waals surface area contributed by atoms with E-state index in [1.165, 1.54) is 0 Å². The third kappa shape index (κ3) is 2.07. The summed E-state index contributed by atoms with van der Waals surface area (Å²) in [6.07, 6.45) is 0. The van der Waals surface area contributed by atoms with E-state index >= 15 is 0 Å². The van der Waals surface area contributed by atoms with Crippen molar-refractivity contribution in [2.45, 2.75) is 13.1 Å². The number of anilines is 2. The van der Waals surface area contributed by atoms with Crippen LogP contribution in [0.25, 0.3) is 0 Å². The summed E-state index contributed by atoms with van der Waals surface area (Å²) in [4.78, 5) is 7.37. The second-order valence-electron chi connectivity index (χ2n) is 4.13. The Hall–Kier alpha value is -1.92. The zero-order valence-corrected chi connectivity index (χ0v) is 10.3. The number of H-pyrrole nitrogens is 1. The topological polar surface area (TPSA) is 73.0 Å². The van der Waals surface area contributed by atoms with Crippen molar-refractivity contribution in [2.24, 2.45) is 0 Å².